The van der Waals surface area contributed by atoms with Gasteiger partial charge in [-0.25, -0.2) is 0 Å². The zero-order chi connectivity index (χ0) is 56.8. The van der Waals surface area contributed by atoms with Crippen LogP contribution in [0.1, 0.15) is 128 Å². The molecule has 1 aliphatic heterocycles. The van der Waals surface area contributed by atoms with Crippen LogP contribution in [-0.4, -0.2) is 4.57 Å². The third-order valence-corrected chi connectivity index (χ3v) is 18.2. The molecule has 2 aliphatic rings. The summed E-state index contributed by atoms with van der Waals surface area (Å²) in [6.45, 7) is 27.6. The summed E-state index contributed by atoms with van der Waals surface area (Å²) in [5.41, 5.74) is 22.6. The predicted octanol–water partition coefficient (Wildman–Crippen LogP) is 21.9. The molecule has 0 amide bonds. The van der Waals surface area contributed by atoms with E-state index in [-0.39, 0.29) is 21.7 Å². The number of benzene rings is 11. The summed E-state index contributed by atoms with van der Waals surface area (Å²) in [6, 6.07) is 86.7. The van der Waals surface area contributed by atoms with Crippen molar-refractivity contribution in [3.8, 4) is 16.8 Å². The molecule has 12 aromatic rings. The zero-order valence-electron chi connectivity index (χ0n) is 49.7. The first-order valence-corrected chi connectivity index (χ1v) is 29.5. The average molecular weight is 1060 g/mol. The second-order valence-corrected chi connectivity index (χ2v) is 27.4. The normalized spacial score (nSPS) is 13.7. The molecule has 0 fully saturated rings. The molecule has 1 aliphatic carbocycles. The van der Waals surface area contributed by atoms with Gasteiger partial charge in [0.1, 0.15) is 0 Å². The molecular formula is C79H73N3. The van der Waals surface area contributed by atoms with Gasteiger partial charge in [-0.3, -0.25) is 0 Å². The maximum Gasteiger partial charge on any atom is 0.0756 e. The van der Waals surface area contributed by atoms with Gasteiger partial charge in [-0.2, -0.15) is 0 Å². The van der Waals surface area contributed by atoms with Crippen LogP contribution in [0, 0.1) is 0 Å². The quantitative estimate of drug-likeness (QED) is 0.164. The maximum absolute atomic E-state index is 2.61. The number of hydrogen-bond donors (Lipinski definition) is 0. The molecule has 2 heterocycles. The number of fused-ring (bicyclic) bond motifs is 16. The smallest absolute Gasteiger partial charge is 0.0756 e. The third kappa shape index (κ3) is 7.76. The summed E-state index contributed by atoms with van der Waals surface area (Å²) in [5, 5.41) is 7.39. The van der Waals surface area contributed by atoms with Crippen LogP contribution < -0.4 is 9.80 Å². The molecule has 11 aromatic carbocycles. The minimum Gasteiger partial charge on any atom is -0.310 e. The molecule has 0 saturated heterocycles. The number of hydrogen-bond acceptors (Lipinski definition) is 2. The highest BCUT2D eigenvalue weighted by Gasteiger charge is 2.53. The van der Waals surface area contributed by atoms with E-state index in [1.54, 1.807) is 0 Å². The molecule has 0 bridgehead atoms. The van der Waals surface area contributed by atoms with E-state index >= 15 is 0 Å². The fourth-order valence-electron chi connectivity index (χ4n) is 13.9. The van der Waals surface area contributed by atoms with E-state index in [4.69, 9.17) is 0 Å². The highest BCUT2D eigenvalue weighted by Crippen LogP contribution is 2.66. The summed E-state index contributed by atoms with van der Waals surface area (Å²) in [7, 11) is 0. The molecule has 14 rings (SSSR count). The molecule has 0 unspecified atom stereocenters. The van der Waals surface area contributed by atoms with Crippen molar-refractivity contribution in [3.63, 3.8) is 0 Å². The summed E-state index contributed by atoms with van der Waals surface area (Å²) in [4.78, 5) is 5.08. The lowest BCUT2D eigenvalue weighted by Crippen LogP contribution is -2.34. The lowest BCUT2D eigenvalue weighted by Gasteiger charge is -2.40. The second kappa shape index (κ2) is 18.2. The topological polar surface area (TPSA) is 11.4 Å². The lowest BCUT2D eigenvalue weighted by molar-refractivity contribution is 0.590. The number of rotatable bonds is 6. The van der Waals surface area contributed by atoms with Gasteiger partial charge >= 0.3 is 0 Å². The van der Waals surface area contributed by atoms with Crippen LogP contribution in [0.15, 0.2) is 224 Å². The fourth-order valence-corrected chi connectivity index (χ4v) is 13.9. The van der Waals surface area contributed by atoms with E-state index in [1.807, 2.05) is 0 Å². The highest BCUT2D eigenvalue weighted by atomic mass is 15.2. The molecule has 3 nitrogen and oxygen atoms in total. The van der Waals surface area contributed by atoms with Gasteiger partial charge in [-0.05, 0) is 161 Å². The van der Waals surface area contributed by atoms with Crippen molar-refractivity contribution in [2.75, 3.05) is 9.80 Å². The van der Waals surface area contributed by atoms with Gasteiger partial charge in [-0.1, -0.05) is 235 Å². The molecule has 0 N–H and O–H groups in total. The van der Waals surface area contributed by atoms with Gasteiger partial charge in [0.15, 0.2) is 0 Å². The van der Waals surface area contributed by atoms with Crippen LogP contribution in [0.25, 0.3) is 60.2 Å². The number of nitrogens with zero attached hydrogens (tertiary/aromatic N) is 3. The molecule has 0 radical (unpaired) electrons. The van der Waals surface area contributed by atoms with Crippen molar-refractivity contribution in [1.82, 2.24) is 4.57 Å². The summed E-state index contributed by atoms with van der Waals surface area (Å²) >= 11 is 0. The Bertz CT molecular complexity index is 4180. The van der Waals surface area contributed by atoms with Crippen molar-refractivity contribution >= 4 is 77.5 Å². The van der Waals surface area contributed by atoms with Crippen LogP contribution >= 0.6 is 0 Å². The average Bonchev–Trinajstić information content (AvgIpc) is 2.53. The monoisotopic (exact) mass is 1060 g/mol. The fraction of sp³-hybridized carbons (Fsp3) is 0.215. The molecule has 3 heteroatoms. The standard InChI is InChI=1S/C79H73N3/c1-75(2,3)50-32-40-54(41-33-50)80(55-42-34-51(35-43-55)76(4,5)6)70-48-66-72(61-25-15-13-22-58(61)70)73-62-26-16-14-23-59(62)71(81(56-44-36-52(37-45-56)77(7,8)9)57-46-38-53(39-47-57)78(10,11)12)49-67(73)79(66)64-28-18-20-31-69(64)82-68-30-19-17-24-60(68)63-27-21-29-65(79)74(63)82/h13-49H,1-12H3. The molecule has 404 valence electrons. The minimum absolute atomic E-state index is 0.00301. The van der Waals surface area contributed by atoms with Gasteiger partial charge in [0.25, 0.3) is 0 Å². The van der Waals surface area contributed by atoms with E-state index in [2.05, 4.69) is 322 Å². The Labute approximate surface area is 485 Å². The first kappa shape index (κ1) is 51.5. The lowest BCUT2D eigenvalue weighted by atomic mass is 9.65. The van der Waals surface area contributed by atoms with Crippen molar-refractivity contribution < 1.29 is 0 Å². The number of para-hydroxylation sites is 3. The zero-order valence-corrected chi connectivity index (χ0v) is 49.7. The summed E-state index contributed by atoms with van der Waals surface area (Å²) in [6.07, 6.45) is 0. The van der Waals surface area contributed by atoms with Gasteiger partial charge in [0.2, 0.25) is 0 Å². The van der Waals surface area contributed by atoms with Crippen LogP contribution in [0.3, 0.4) is 0 Å². The largest absolute Gasteiger partial charge is 0.310 e. The highest BCUT2D eigenvalue weighted by molar-refractivity contribution is 6.20. The van der Waals surface area contributed by atoms with Crippen molar-refractivity contribution in [2.24, 2.45) is 0 Å². The first-order chi connectivity index (χ1) is 39.2. The van der Waals surface area contributed by atoms with Gasteiger partial charge in [0.05, 0.1) is 33.5 Å². The summed E-state index contributed by atoms with van der Waals surface area (Å²) in [5.74, 6) is 0. The number of anilines is 6. The van der Waals surface area contributed by atoms with Crippen LogP contribution in [0.2, 0.25) is 0 Å². The van der Waals surface area contributed by atoms with E-state index in [9.17, 15) is 0 Å². The van der Waals surface area contributed by atoms with E-state index < -0.39 is 5.41 Å². The molecule has 82 heavy (non-hydrogen) atoms. The van der Waals surface area contributed by atoms with E-state index in [0.29, 0.717) is 0 Å². The predicted molar refractivity (Wildman–Crippen MR) is 351 cm³/mol. The van der Waals surface area contributed by atoms with E-state index in [1.165, 1.54) is 105 Å². The second-order valence-electron chi connectivity index (χ2n) is 27.4. The molecular weight excluding hydrogens is 991 g/mol. The molecule has 0 saturated carbocycles. The Balaban J connectivity index is 1.15. The maximum atomic E-state index is 2.61. The van der Waals surface area contributed by atoms with Crippen molar-refractivity contribution in [1.29, 1.82) is 0 Å². The van der Waals surface area contributed by atoms with Gasteiger partial charge in [0, 0.05) is 44.3 Å². The number of aromatic nitrogens is 1. The van der Waals surface area contributed by atoms with Crippen LogP contribution in [0.5, 0.6) is 0 Å². The van der Waals surface area contributed by atoms with Gasteiger partial charge < -0.3 is 14.4 Å². The molecule has 1 aromatic heterocycles. The van der Waals surface area contributed by atoms with Crippen LogP contribution in [-0.2, 0) is 27.1 Å². The Hall–Kier alpha value is -8.66. The van der Waals surface area contributed by atoms with Gasteiger partial charge in [-0.15, -0.1) is 0 Å². The molecule has 0 atom stereocenters. The Morgan fingerprint density at radius 3 is 1.02 bits per heavy atom. The summed E-state index contributed by atoms with van der Waals surface area (Å²) < 4.78 is 2.57. The van der Waals surface area contributed by atoms with Crippen molar-refractivity contribution in [2.45, 2.75) is 110 Å². The van der Waals surface area contributed by atoms with E-state index in [0.717, 1.165) is 34.1 Å². The molecule has 1 spiro atoms. The Kier molecular flexibility index (Phi) is 11.4. The van der Waals surface area contributed by atoms with Crippen LogP contribution in [0.4, 0.5) is 34.1 Å². The minimum atomic E-state index is -0.793. The SMILES string of the molecule is CC(C)(C)c1ccc(N(c2ccc(C(C)(C)C)cc2)c2cc3c(c4ccccc24)-c2c(cc(N(c4ccc(C(C)(C)C)cc4)c4ccc(C(C)(C)C)cc4)c4ccccc24)C32c3ccccc3-n3c4ccccc4c4cccc2c43)cc1. The Morgan fingerprint density at radius 2 is 0.622 bits per heavy atom. The van der Waals surface area contributed by atoms with Crippen molar-refractivity contribution in [3.05, 3.63) is 269 Å². The Morgan fingerprint density at radius 1 is 0.293 bits per heavy atom. The first-order valence-electron chi connectivity index (χ1n) is 29.5. The third-order valence-electron chi connectivity index (χ3n) is 18.2.